The third-order valence-corrected chi connectivity index (χ3v) is 3.66. The molecule has 0 aliphatic heterocycles. The van der Waals surface area contributed by atoms with Crippen LogP contribution in [-0.4, -0.2) is 35.8 Å². The maximum Gasteiger partial charge on any atom is 0.320 e. The number of aromatic nitrogens is 6. The smallest absolute Gasteiger partial charge is 0.320 e. The minimum atomic E-state index is -0.323. The summed E-state index contributed by atoms with van der Waals surface area (Å²) < 4.78 is 3.37. The van der Waals surface area contributed by atoms with Crippen molar-refractivity contribution in [1.82, 2.24) is 35.1 Å². The third-order valence-electron chi connectivity index (χ3n) is 3.66. The molecule has 130 valence electrons. The molecule has 1 aromatic carbocycles. The molecule has 3 aromatic rings. The normalized spacial score (nSPS) is 11.9. The highest BCUT2D eigenvalue weighted by Gasteiger charge is 2.11. The zero-order valence-corrected chi connectivity index (χ0v) is 14.1. The summed E-state index contributed by atoms with van der Waals surface area (Å²) in [6.45, 7) is 4.74. The molecule has 25 heavy (non-hydrogen) atoms. The van der Waals surface area contributed by atoms with Crippen LogP contribution in [0.15, 0.2) is 43.1 Å². The minimum absolute atomic E-state index is 0.157. The number of hydrogen-bond acceptors (Lipinski definition) is 5. The fourth-order valence-electron chi connectivity index (χ4n) is 2.38. The number of hydrogen-bond donors (Lipinski definition) is 2. The summed E-state index contributed by atoms with van der Waals surface area (Å²) >= 11 is 0. The molecule has 2 amide bonds. The molecule has 1 atom stereocenters. The molecule has 0 radical (unpaired) electrons. The summed E-state index contributed by atoms with van der Waals surface area (Å²) in [6.07, 6.45) is 5.78. The Balaban J connectivity index is 1.57. The number of rotatable bonds is 6. The molecule has 0 bridgehead atoms. The summed E-state index contributed by atoms with van der Waals surface area (Å²) in [5, 5.41) is 17.5. The second kappa shape index (κ2) is 7.56. The Bertz CT molecular complexity index is 809. The van der Waals surface area contributed by atoms with Gasteiger partial charge in [0.2, 0.25) is 0 Å². The van der Waals surface area contributed by atoms with E-state index in [4.69, 9.17) is 0 Å². The number of anilines is 1. The van der Waals surface area contributed by atoms with Gasteiger partial charge in [-0.25, -0.2) is 14.5 Å². The molecular weight excluding hydrogens is 320 g/mol. The summed E-state index contributed by atoms with van der Waals surface area (Å²) in [4.78, 5) is 16.0. The van der Waals surface area contributed by atoms with Crippen LogP contribution in [0.1, 0.15) is 31.9 Å². The number of carbonyl (C=O) groups excluding carboxylic acids is 1. The van der Waals surface area contributed by atoms with Crippen LogP contribution >= 0.6 is 0 Å². The number of nitrogens with zero attached hydrogens (tertiary/aromatic N) is 6. The molecule has 2 heterocycles. The van der Waals surface area contributed by atoms with Crippen molar-refractivity contribution in [3.8, 4) is 5.69 Å². The lowest BCUT2D eigenvalue weighted by Gasteiger charge is -2.14. The molecule has 1 unspecified atom stereocenters. The zero-order valence-electron chi connectivity index (χ0n) is 14.1. The van der Waals surface area contributed by atoms with Crippen molar-refractivity contribution in [2.75, 3.05) is 5.32 Å². The fraction of sp³-hybridized carbons (Fsp3) is 0.312. The number of urea groups is 1. The first-order valence-electron chi connectivity index (χ1n) is 8.08. The zero-order chi connectivity index (χ0) is 17.6. The van der Waals surface area contributed by atoms with Crippen LogP contribution in [0, 0.1) is 0 Å². The quantitative estimate of drug-likeness (QED) is 0.716. The van der Waals surface area contributed by atoms with E-state index in [9.17, 15) is 4.79 Å². The van der Waals surface area contributed by atoms with Crippen LogP contribution in [0.3, 0.4) is 0 Å². The number of amides is 2. The second-order valence-corrected chi connectivity index (χ2v) is 5.62. The van der Waals surface area contributed by atoms with Crippen LogP contribution in [0.25, 0.3) is 5.69 Å². The van der Waals surface area contributed by atoms with Gasteiger partial charge in [-0.05, 0) is 31.0 Å². The largest absolute Gasteiger partial charge is 0.331 e. The van der Waals surface area contributed by atoms with Crippen LogP contribution < -0.4 is 10.6 Å². The number of benzene rings is 1. The van der Waals surface area contributed by atoms with E-state index in [2.05, 4.69) is 38.0 Å². The molecule has 2 N–H and O–H groups in total. The summed E-state index contributed by atoms with van der Waals surface area (Å²) in [5.41, 5.74) is 1.89. The Hall–Kier alpha value is -3.23. The molecule has 0 spiro atoms. The van der Waals surface area contributed by atoms with Crippen molar-refractivity contribution < 1.29 is 4.79 Å². The van der Waals surface area contributed by atoms with Gasteiger partial charge >= 0.3 is 6.03 Å². The average molecular weight is 340 g/mol. The fourth-order valence-corrected chi connectivity index (χ4v) is 2.38. The van der Waals surface area contributed by atoms with E-state index in [1.165, 1.54) is 6.33 Å². The van der Waals surface area contributed by atoms with Gasteiger partial charge in [-0.1, -0.05) is 24.3 Å². The molecule has 0 aliphatic rings. The molecule has 0 saturated heterocycles. The van der Waals surface area contributed by atoms with Gasteiger partial charge in [0, 0.05) is 6.54 Å². The highest BCUT2D eigenvalue weighted by molar-refractivity contribution is 5.88. The summed E-state index contributed by atoms with van der Waals surface area (Å²) in [6, 6.07) is 7.26. The Morgan fingerprint density at radius 3 is 2.76 bits per heavy atom. The molecular formula is C16H20N8O. The van der Waals surface area contributed by atoms with Crippen molar-refractivity contribution >= 4 is 11.8 Å². The summed E-state index contributed by atoms with van der Waals surface area (Å²) in [7, 11) is 0. The van der Waals surface area contributed by atoms with E-state index < -0.39 is 0 Å². The first-order valence-corrected chi connectivity index (χ1v) is 8.08. The monoisotopic (exact) mass is 340 g/mol. The Kier molecular flexibility index (Phi) is 5.03. The van der Waals surface area contributed by atoms with Crippen molar-refractivity contribution in [2.45, 2.75) is 32.9 Å². The predicted molar refractivity (Wildman–Crippen MR) is 92.2 cm³/mol. The standard InChI is InChI=1S/C16H20N8O/c1-3-8-23-9-15(21-22-23)20-16(25)19-12(2)13-4-6-14(7-5-13)24-11-17-10-18-24/h4-7,9-12H,3,8H2,1-2H3,(H2,19,20,25). The lowest BCUT2D eigenvalue weighted by Crippen LogP contribution is -2.31. The Morgan fingerprint density at radius 2 is 2.08 bits per heavy atom. The van der Waals surface area contributed by atoms with E-state index in [0.717, 1.165) is 24.2 Å². The lowest BCUT2D eigenvalue weighted by atomic mass is 10.1. The van der Waals surface area contributed by atoms with Gasteiger partial charge in [-0.2, -0.15) is 5.10 Å². The van der Waals surface area contributed by atoms with Gasteiger partial charge in [0.15, 0.2) is 5.82 Å². The number of nitrogens with one attached hydrogen (secondary N) is 2. The molecule has 9 heteroatoms. The van der Waals surface area contributed by atoms with E-state index >= 15 is 0 Å². The van der Waals surface area contributed by atoms with Gasteiger partial charge in [0.1, 0.15) is 12.7 Å². The molecule has 2 aromatic heterocycles. The molecule has 0 saturated carbocycles. The predicted octanol–water partition coefficient (Wildman–Crippen LogP) is 2.15. The molecule has 0 aliphatic carbocycles. The van der Waals surface area contributed by atoms with Gasteiger partial charge < -0.3 is 5.32 Å². The maximum absolute atomic E-state index is 12.1. The number of aryl methyl sites for hydroxylation is 1. The van der Waals surface area contributed by atoms with Crippen LogP contribution in [0.4, 0.5) is 10.6 Å². The van der Waals surface area contributed by atoms with Crippen LogP contribution in [-0.2, 0) is 6.54 Å². The van der Waals surface area contributed by atoms with E-state index in [1.54, 1.807) is 21.9 Å². The van der Waals surface area contributed by atoms with Gasteiger partial charge in [-0.3, -0.25) is 10.00 Å². The molecule has 9 nitrogen and oxygen atoms in total. The van der Waals surface area contributed by atoms with Crippen LogP contribution in [0.2, 0.25) is 0 Å². The first-order chi connectivity index (χ1) is 12.2. The Morgan fingerprint density at radius 1 is 1.28 bits per heavy atom. The second-order valence-electron chi connectivity index (χ2n) is 5.62. The van der Waals surface area contributed by atoms with E-state index in [-0.39, 0.29) is 12.1 Å². The van der Waals surface area contributed by atoms with Crippen molar-refractivity contribution in [3.05, 3.63) is 48.7 Å². The summed E-state index contributed by atoms with van der Waals surface area (Å²) in [5.74, 6) is 0.430. The Labute approximate surface area is 145 Å². The van der Waals surface area contributed by atoms with E-state index in [0.29, 0.717) is 5.82 Å². The van der Waals surface area contributed by atoms with Gasteiger partial charge in [0.25, 0.3) is 0 Å². The highest BCUT2D eigenvalue weighted by Crippen LogP contribution is 2.15. The average Bonchev–Trinajstić information content (AvgIpc) is 3.27. The SMILES string of the molecule is CCCn1cc(NC(=O)NC(C)c2ccc(-n3cncn3)cc2)nn1. The first kappa shape index (κ1) is 16.6. The van der Waals surface area contributed by atoms with Gasteiger partial charge in [0.05, 0.1) is 17.9 Å². The lowest BCUT2D eigenvalue weighted by molar-refractivity contribution is 0.249. The molecule has 3 rings (SSSR count). The van der Waals surface area contributed by atoms with Gasteiger partial charge in [-0.15, -0.1) is 5.10 Å². The van der Waals surface area contributed by atoms with Crippen molar-refractivity contribution in [1.29, 1.82) is 0 Å². The topological polar surface area (TPSA) is 103 Å². The minimum Gasteiger partial charge on any atom is -0.331 e. The number of carbonyl (C=O) groups is 1. The van der Waals surface area contributed by atoms with Crippen molar-refractivity contribution in [3.63, 3.8) is 0 Å². The van der Waals surface area contributed by atoms with Crippen molar-refractivity contribution in [2.24, 2.45) is 0 Å². The van der Waals surface area contributed by atoms with Crippen LogP contribution in [0.5, 0.6) is 0 Å². The third kappa shape index (κ3) is 4.19. The van der Waals surface area contributed by atoms with E-state index in [1.807, 2.05) is 31.2 Å². The molecule has 0 fully saturated rings. The highest BCUT2D eigenvalue weighted by atomic mass is 16.2. The maximum atomic E-state index is 12.1.